The number of halogens is 1. The Labute approximate surface area is 229 Å². The number of aromatic nitrogens is 2. The first-order chi connectivity index (χ1) is 18.5. The van der Waals surface area contributed by atoms with E-state index in [4.69, 9.17) is 9.47 Å². The van der Waals surface area contributed by atoms with Crippen molar-refractivity contribution in [2.75, 3.05) is 25.9 Å². The third-order valence-electron chi connectivity index (χ3n) is 6.79. The van der Waals surface area contributed by atoms with Gasteiger partial charge in [-0.1, -0.05) is 38.1 Å². The predicted molar refractivity (Wildman–Crippen MR) is 146 cm³/mol. The number of ketones is 1. The molecule has 1 aliphatic heterocycles. The molecule has 3 aromatic rings. The number of carbonyl (C=O) groups is 1. The van der Waals surface area contributed by atoms with Gasteiger partial charge in [-0.3, -0.25) is 9.69 Å². The number of sulfone groups is 1. The van der Waals surface area contributed by atoms with Crippen LogP contribution in [0.1, 0.15) is 49.3 Å². The number of rotatable bonds is 10. The quantitative estimate of drug-likeness (QED) is 0.349. The van der Waals surface area contributed by atoms with Crippen molar-refractivity contribution in [2.24, 2.45) is 0 Å². The lowest BCUT2D eigenvalue weighted by atomic mass is 10.00. The minimum Gasteiger partial charge on any atom is -0.474 e. The lowest BCUT2D eigenvalue weighted by Gasteiger charge is -2.31. The molecule has 2 aromatic carbocycles. The largest absolute Gasteiger partial charge is 0.474 e. The highest BCUT2D eigenvalue weighted by atomic mass is 32.2. The molecule has 208 valence electrons. The molecule has 0 atom stereocenters. The SMILES string of the molecule is Cc1c(Oc2ccc(S(C)(=O)=O)cc2F)ncnc1OC1CCN(CC(=O)Cc2ccc(C(C)C)cc2)CC1. The molecule has 0 unspecified atom stereocenters. The van der Waals surface area contributed by atoms with Gasteiger partial charge in [0.25, 0.3) is 0 Å². The standard InChI is InChI=1S/C29H34FN3O5S/c1-19(2)22-7-5-21(6-8-22)15-23(34)17-33-13-11-24(12-14-33)37-28-20(3)29(32-18-31-28)38-27-10-9-25(16-26(27)30)39(4,35)36/h5-10,16,18-19,24H,11-15,17H2,1-4H3. The van der Waals surface area contributed by atoms with Crippen molar-refractivity contribution in [3.8, 4) is 17.5 Å². The molecule has 1 fully saturated rings. The Balaban J connectivity index is 1.30. The van der Waals surface area contributed by atoms with Gasteiger partial charge in [0.2, 0.25) is 11.8 Å². The van der Waals surface area contributed by atoms with Crippen molar-refractivity contribution in [1.82, 2.24) is 14.9 Å². The zero-order chi connectivity index (χ0) is 28.2. The van der Waals surface area contributed by atoms with Crippen LogP contribution in [0, 0.1) is 12.7 Å². The Morgan fingerprint density at radius 3 is 2.36 bits per heavy atom. The van der Waals surface area contributed by atoms with Gasteiger partial charge in [0, 0.05) is 25.8 Å². The molecule has 10 heteroatoms. The summed E-state index contributed by atoms with van der Waals surface area (Å²) in [5.74, 6) is 0.157. The minimum absolute atomic E-state index is 0.0906. The summed E-state index contributed by atoms with van der Waals surface area (Å²) in [7, 11) is -3.54. The van der Waals surface area contributed by atoms with Gasteiger partial charge in [0.15, 0.2) is 27.2 Å². The fourth-order valence-electron chi connectivity index (χ4n) is 4.44. The highest BCUT2D eigenvalue weighted by Crippen LogP contribution is 2.31. The molecule has 1 aliphatic rings. The smallest absolute Gasteiger partial charge is 0.229 e. The molecule has 1 aromatic heterocycles. The van der Waals surface area contributed by atoms with Gasteiger partial charge in [-0.15, -0.1) is 0 Å². The van der Waals surface area contributed by atoms with Crippen LogP contribution >= 0.6 is 0 Å². The number of ether oxygens (including phenoxy) is 2. The minimum atomic E-state index is -3.54. The zero-order valence-corrected chi connectivity index (χ0v) is 23.5. The summed E-state index contributed by atoms with van der Waals surface area (Å²) in [6.45, 7) is 7.89. The van der Waals surface area contributed by atoms with Crippen molar-refractivity contribution in [1.29, 1.82) is 0 Å². The number of nitrogens with zero attached hydrogens (tertiary/aromatic N) is 3. The van der Waals surface area contributed by atoms with Crippen LogP contribution < -0.4 is 9.47 Å². The molecule has 2 heterocycles. The van der Waals surface area contributed by atoms with E-state index >= 15 is 0 Å². The maximum atomic E-state index is 14.5. The average molecular weight is 556 g/mol. The van der Waals surface area contributed by atoms with Gasteiger partial charge in [0.1, 0.15) is 12.4 Å². The molecule has 1 saturated heterocycles. The molecule has 8 nitrogen and oxygen atoms in total. The van der Waals surface area contributed by atoms with Gasteiger partial charge >= 0.3 is 0 Å². The van der Waals surface area contributed by atoms with Crippen molar-refractivity contribution >= 4 is 15.6 Å². The summed E-state index contributed by atoms with van der Waals surface area (Å²) in [6, 6.07) is 11.7. The molecule has 0 saturated carbocycles. The number of piperidine rings is 1. The van der Waals surface area contributed by atoms with Crippen LogP contribution in [0.25, 0.3) is 0 Å². The molecule has 4 rings (SSSR count). The Morgan fingerprint density at radius 1 is 1.08 bits per heavy atom. The third kappa shape index (κ3) is 7.60. The highest BCUT2D eigenvalue weighted by molar-refractivity contribution is 7.90. The molecule has 0 bridgehead atoms. The molecule has 0 N–H and O–H groups in total. The van der Waals surface area contributed by atoms with Gasteiger partial charge in [-0.25, -0.2) is 22.8 Å². The van der Waals surface area contributed by atoms with E-state index in [2.05, 4.69) is 40.8 Å². The Morgan fingerprint density at radius 2 is 1.74 bits per heavy atom. The maximum Gasteiger partial charge on any atom is 0.229 e. The number of hydrogen-bond acceptors (Lipinski definition) is 8. The molecule has 0 radical (unpaired) electrons. The van der Waals surface area contributed by atoms with E-state index in [0.29, 0.717) is 30.3 Å². The summed E-state index contributed by atoms with van der Waals surface area (Å²) in [6.07, 6.45) is 4.09. The van der Waals surface area contributed by atoms with Crippen molar-refractivity contribution in [3.05, 3.63) is 71.3 Å². The van der Waals surface area contributed by atoms with Crippen molar-refractivity contribution in [3.63, 3.8) is 0 Å². The van der Waals surface area contributed by atoms with Crippen LogP contribution in [-0.2, 0) is 21.1 Å². The fourth-order valence-corrected chi connectivity index (χ4v) is 5.07. The second kappa shape index (κ2) is 12.2. The van der Waals surface area contributed by atoms with Crippen LogP contribution in [0.4, 0.5) is 4.39 Å². The van der Waals surface area contributed by atoms with Gasteiger partial charge in [0.05, 0.1) is 17.0 Å². The van der Waals surface area contributed by atoms with E-state index in [-0.39, 0.29) is 28.4 Å². The lowest BCUT2D eigenvalue weighted by Crippen LogP contribution is -2.41. The van der Waals surface area contributed by atoms with E-state index < -0.39 is 15.7 Å². The second-order valence-electron chi connectivity index (χ2n) is 10.3. The number of likely N-dealkylation sites (tertiary alicyclic amines) is 1. The van der Waals surface area contributed by atoms with Crippen LogP contribution in [0.3, 0.4) is 0 Å². The lowest BCUT2D eigenvalue weighted by molar-refractivity contribution is -0.120. The number of hydrogen-bond donors (Lipinski definition) is 0. The highest BCUT2D eigenvalue weighted by Gasteiger charge is 2.24. The van der Waals surface area contributed by atoms with E-state index in [0.717, 1.165) is 43.8 Å². The Kier molecular flexibility index (Phi) is 8.97. The summed E-state index contributed by atoms with van der Waals surface area (Å²) in [5, 5.41) is 0. The summed E-state index contributed by atoms with van der Waals surface area (Å²) < 4.78 is 49.5. The topological polar surface area (TPSA) is 98.7 Å². The van der Waals surface area contributed by atoms with Crippen LogP contribution in [0.2, 0.25) is 0 Å². The summed E-state index contributed by atoms with van der Waals surface area (Å²) in [5.41, 5.74) is 2.80. The second-order valence-corrected chi connectivity index (χ2v) is 12.3. The Bertz CT molecular complexity index is 1420. The third-order valence-corrected chi connectivity index (χ3v) is 7.90. The average Bonchev–Trinajstić information content (AvgIpc) is 2.88. The predicted octanol–water partition coefficient (Wildman–Crippen LogP) is 4.90. The van der Waals surface area contributed by atoms with E-state index in [9.17, 15) is 17.6 Å². The first kappa shape index (κ1) is 28.6. The molecule has 0 amide bonds. The zero-order valence-electron chi connectivity index (χ0n) is 22.7. The van der Waals surface area contributed by atoms with Gasteiger partial charge < -0.3 is 9.47 Å². The number of benzene rings is 2. The van der Waals surface area contributed by atoms with Crippen molar-refractivity contribution < 1.29 is 27.1 Å². The van der Waals surface area contributed by atoms with Crippen LogP contribution in [0.15, 0.2) is 53.7 Å². The summed E-state index contributed by atoms with van der Waals surface area (Å²) in [4.78, 5) is 23.0. The van der Waals surface area contributed by atoms with E-state index in [1.54, 1.807) is 6.92 Å². The van der Waals surface area contributed by atoms with Crippen LogP contribution in [-0.4, -0.2) is 61.1 Å². The van der Waals surface area contributed by atoms with Gasteiger partial charge in [-0.2, -0.15) is 0 Å². The van der Waals surface area contributed by atoms with Crippen molar-refractivity contribution in [2.45, 2.75) is 57.0 Å². The van der Waals surface area contributed by atoms with Gasteiger partial charge in [-0.05, 0) is 55.0 Å². The Hall–Kier alpha value is -3.37. The molecule has 39 heavy (non-hydrogen) atoms. The molecular weight excluding hydrogens is 521 g/mol. The summed E-state index contributed by atoms with van der Waals surface area (Å²) >= 11 is 0. The van der Waals surface area contributed by atoms with E-state index in [1.807, 2.05) is 12.1 Å². The molecule has 0 aliphatic carbocycles. The number of Topliss-reactive ketones (excluding diaryl/α,β-unsaturated/α-hetero) is 1. The normalized spacial score (nSPS) is 14.9. The monoisotopic (exact) mass is 555 g/mol. The molecular formula is C29H34FN3O5S. The first-order valence-electron chi connectivity index (χ1n) is 13.0. The fraction of sp³-hybridized carbons (Fsp3) is 0.414. The first-order valence-corrected chi connectivity index (χ1v) is 14.9. The molecule has 0 spiro atoms. The number of carbonyl (C=O) groups excluding carboxylic acids is 1. The maximum absolute atomic E-state index is 14.5. The van der Waals surface area contributed by atoms with Crippen LogP contribution in [0.5, 0.6) is 17.5 Å². The van der Waals surface area contributed by atoms with E-state index in [1.165, 1.54) is 24.0 Å².